The number of aryl methyl sites for hydroxylation is 1. The summed E-state index contributed by atoms with van der Waals surface area (Å²) < 4.78 is 58.0. The van der Waals surface area contributed by atoms with Crippen LogP contribution < -0.4 is 10.1 Å². The van der Waals surface area contributed by atoms with Gasteiger partial charge in [-0.3, -0.25) is 4.79 Å². The van der Waals surface area contributed by atoms with E-state index in [9.17, 15) is 22.4 Å². The van der Waals surface area contributed by atoms with Crippen LogP contribution in [0.15, 0.2) is 54.3 Å². The molecule has 8 heteroatoms. The summed E-state index contributed by atoms with van der Waals surface area (Å²) in [5.74, 6) is -1.69. The first-order valence-electron chi connectivity index (χ1n) is 8.28. The predicted molar refractivity (Wildman–Crippen MR) is 96.5 cm³/mol. The number of rotatable bonds is 5. The van der Waals surface area contributed by atoms with E-state index in [1.807, 2.05) is 0 Å². The quantitative estimate of drug-likeness (QED) is 0.411. The van der Waals surface area contributed by atoms with Crippen molar-refractivity contribution in [3.05, 3.63) is 77.0 Å². The molecule has 0 radical (unpaired) electrons. The van der Waals surface area contributed by atoms with Gasteiger partial charge < -0.3 is 10.1 Å². The Morgan fingerprint density at radius 1 is 1.14 bits per heavy atom. The van der Waals surface area contributed by atoms with Crippen LogP contribution in [0.4, 0.5) is 17.6 Å². The molecule has 1 amide bonds. The van der Waals surface area contributed by atoms with Gasteiger partial charge in [0.05, 0.1) is 16.8 Å². The maximum Gasteiger partial charge on any atom is 0.416 e. The highest BCUT2D eigenvalue weighted by Crippen LogP contribution is 2.35. The molecule has 0 aliphatic rings. The van der Waals surface area contributed by atoms with Gasteiger partial charge in [0.1, 0.15) is 11.5 Å². The molecule has 0 fully saturated rings. The Labute approximate surface area is 159 Å². The number of hydrogen-bond acceptors (Lipinski definition) is 3. The van der Waals surface area contributed by atoms with E-state index < -0.39 is 23.6 Å². The van der Waals surface area contributed by atoms with Gasteiger partial charge in [-0.2, -0.15) is 17.6 Å². The zero-order valence-corrected chi connectivity index (χ0v) is 15.4. The van der Waals surface area contributed by atoms with E-state index in [0.717, 1.165) is 24.3 Å². The molecule has 0 aliphatic heterocycles. The van der Waals surface area contributed by atoms with Crippen LogP contribution in [0.1, 0.15) is 35.5 Å². The minimum atomic E-state index is -4.62. The number of hydrogen-bond donors (Lipinski definition) is 1. The Bertz CT molecular complexity index is 934. The molecule has 4 nitrogen and oxygen atoms in total. The van der Waals surface area contributed by atoms with Crippen LogP contribution in [0.2, 0.25) is 0 Å². The van der Waals surface area contributed by atoms with Gasteiger partial charge in [0.2, 0.25) is 5.95 Å². The summed E-state index contributed by atoms with van der Waals surface area (Å²) in [4.78, 5) is 16.1. The largest absolute Gasteiger partial charge is 0.455 e. The Morgan fingerprint density at radius 2 is 1.86 bits per heavy atom. The van der Waals surface area contributed by atoms with E-state index in [4.69, 9.17) is 4.74 Å². The predicted octanol–water partition coefficient (Wildman–Crippen LogP) is 5.55. The molecule has 0 saturated carbocycles. The molecule has 28 heavy (non-hydrogen) atoms. The first kappa shape index (κ1) is 21.1. The van der Waals surface area contributed by atoms with Crippen molar-refractivity contribution in [3.63, 3.8) is 0 Å². The summed E-state index contributed by atoms with van der Waals surface area (Å²) in [6.45, 7) is 4.90. The number of carbonyl (C=O) groups is 1. The van der Waals surface area contributed by atoms with Crippen LogP contribution >= 0.6 is 0 Å². The van der Waals surface area contributed by atoms with E-state index >= 15 is 0 Å². The fourth-order valence-corrected chi connectivity index (χ4v) is 2.30. The van der Waals surface area contributed by atoms with Crippen LogP contribution in [0.5, 0.6) is 11.5 Å². The number of nitrogens with one attached hydrogen (secondary N) is 1. The van der Waals surface area contributed by atoms with Crippen LogP contribution in [0, 0.1) is 12.9 Å². The fraction of sp³-hybridized carbons (Fsp3) is 0.200. The van der Waals surface area contributed by atoms with Gasteiger partial charge >= 0.3 is 6.18 Å². The van der Waals surface area contributed by atoms with Gasteiger partial charge in [0.25, 0.3) is 5.91 Å². The van der Waals surface area contributed by atoms with E-state index in [1.54, 1.807) is 32.1 Å². The van der Waals surface area contributed by atoms with Crippen molar-refractivity contribution < 1.29 is 27.1 Å². The number of aromatic nitrogens is 1. The lowest BCUT2D eigenvalue weighted by atomic mass is 10.1. The average Bonchev–Trinajstić information content (AvgIpc) is 2.62. The van der Waals surface area contributed by atoms with Gasteiger partial charge in [-0.1, -0.05) is 12.2 Å². The number of ether oxygens (including phenoxy) is 1. The molecule has 2 aromatic rings. The monoisotopic (exact) mass is 394 g/mol. The van der Waals surface area contributed by atoms with E-state index in [0.29, 0.717) is 5.70 Å². The summed E-state index contributed by atoms with van der Waals surface area (Å²) in [5.41, 5.74) is -0.489. The Morgan fingerprint density at radius 3 is 2.43 bits per heavy atom. The second-order valence-electron chi connectivity index (χ2n) is 5.73. The highest BCUT2D eigenvalue weighted by molar-refractivity contribution is 5.98. The molecular formula is C20H18F4N2O2. The molecule has 0 unspecified atom stereocenters. The number of nitrogens with zero attached hydrogens (tertiary/aromatic N) is 1. The van der Waals surface area contributed by atoms with Crippen LogP contribution in [0.25, 0.3) is 0 Å². The van der Waals surface area contributed by atoms with Crippen LogP contribution in [0.3, 0.4) is 0 Å². The summed E-state index contributed by atoms with van der Waals surface area (Å²) in [6.07, 6.45) is 0.350. The van der Waals surface area contributed by atoms with Gasteiger partial charge in [-0.15, -0.1) is 0 Å². The smallest absolute Gasteiger partial charge is 0.416 e. The normalized spacial score (nSPS) is 12.3. The topological polar surface area (TPSA) is 51.2 Å². The first-order valence-corrected chi connectivity index (χ1v) is 8.28. The highest BCUT2D eigenvalue weighted by atomic mass is 19.4. The molecule has 1 aromatic carbocycles. The third-order valence-electron chi connectivity index (χ3n) is 3.69. The molecule has 0 atom stereocenters. The van der Waals surface area contributed by atoms with Crippen LogP contribution in [-0.2, 0) is 6.18 Å². The van der Waals surface area contributed by atoms with Crippen molar-refractivity contribution in [1.29, 1.82) is 0 Å². The maximum absolute atomic E-state index is 13.2. The number of carbonyl (C=O) groups excluding carboxylic acids is 1. The third kappa shape index (κ3) is 5.18. The molecule has 0 aliphatic carbocycles. The average molecular weight is 394 g/mol. The number of allylic oxidation sites excluding steroid dienone is 3. The molecular weight excluding hydrogens is 376 g/mol. The van der Waals surface area contributed by atoms with E-state index in [2.05, 4.69) is 10.3 Å². The number of halogens is 4. The molecule has 1 N–H and O–H groups in total. The number of alkyl halides is 3. The van der Waals surface area contributed by atoms with Crippen molar-refractivity contribution in [2.75, 3.05) is 0 Å². The lowest BCUT2D eigenvalue weighted by molar-refractivity contribution is -0.137. The molecule has 148 valence electrons. The van der Waals surface area contributed by atoms with Crippen LogP contribution in [-0.4, -0.2) is 10.9 Å². The summed E-state index contributed by atoms with van der Waals surface area (Å²) in [5, 5.41) is 2.59. The number of pyridine rings is 1. The molecule has 0 spiro atoms. The van der Waals surface area contributed by atoms with Crippen molar-refractivity contribution in [1.82, 2.24) is 10.3 Å². The lowest BCUT2D eigenvalue weighted by Crippen LogP contribution is -2.22. The van der Waals surface area contributed by atoms with E-state index in [-0.39, 0.29) is 22.8 Å². The Kier molecular flexibility index (Phi) is 6.56. The minimum Gasteiger partial charge on any atom is -0.455 e. The number of benzene rings is 1. The maximum atomic E-state index is 13.2. The molecule has 0 saturated heterocycles. The summed E-state index contributed by atoms with van der Waals surface area (Å²) in [6, 6.07) is 4.80. The summed E-state index contributed by atoms with van der Waals surface area (Å²) in [7, 11) is 0. The Hall–Kier alpha value is -3.16. The number of amides is 1. The summed E-state index contributed by atoms with van der Waals surface area (Å²) >= 11 is 0. The zero-order chi connectivity index (χ0) is 20.9. The highest BCUT2D eigenvalue weighted by Gasteiger charge is 2.32. The fourth-order valence-electron chi connectivity index (χ4n) is 2.30. The van der Waals surface area contributed by atoms with Gasteiger partial charge in [0.15, 0.2) is 0 Å². The van der Waals surface area contributed by atoms with Crippen molar-refractivity contribution in [2.45, 2.75) is 26.9 Å². The minimum absolute atomic E-state index is 0.0366. The Balaban J connectivity index is 2.48. The SMILES string of the molecule is C/C=C\C(=C/C)NC(=O)c1ccc(C(F)(F)F)cc1Oc1ccc(F)nc1C. The standard InChI is InChI=1S/C20H18F4N2O2/c1-4-6-14(5-2)26-19(27)15-8-7-13(20(22,23)24)11-17(15)28-16-9-10-18(21)25-12(16)3/h4-11H,1-3H3,(H,26,27)/b6-4-,14-5+. The van der Waals surface area contributed by atoms with Gasteiger partial charge in [-0.05, 0) is 57.2 Å². The second kappa shape index (κ2) is 8.69. The van der Waals surface area contributed by atoms with Crippen molar-refractivity contribution in [3.8, 4) is 11.5 Å². The van der Waals surface area contributed by atoms with Gasteiger partial charge in [-0.25, -0.2) is 4.98 Å². The van der Waals surface area contributed by atoms with E-state index in [1.165, 1.54) is 13.0 Å². The third-order valence-corrected chi connectivity index (χ3v) is 3.69. The molecule has 2 rings (SSSR count). The molecule has 0 bridgehead atoms. The second-order valence-corrected chi connectivity index (χ2v) is 5.73. The molecule has 1 heterocycles. The molecule has 1 aromatic heterocycles. The van der Waals surface area contributed by atoms with Crippen molar-refractivity contribution >= 4 is 5.91 Å². The first-order chi connectivity index (χ1) is 13.2. The van der Waals surface area contributed by atoms with Gasteiger partial charge in [0, 0.05) is 5.70 Å². The van der Waals surface area contributed by atoms with Crippen molar-refractivity contribution in [2.24, 2.45) is 0 Å². The zero-order valence-electron chi connectivity index (χ0n) is 15.4. The lowest BCUT2D eigenvalue weighted by Gasteiger charge is -2.15.